The fourth-order valence-electron chi connectivity index (χ4n) is 1.28. The van der Waals surface area contributed by atoms with Gasteiger partial charge in [0.15, 0.2) is 0 Å². The Morgan fingerprint density at radius 2 is 1.50 bits per heavy atom. The lowest BCUT2D eigenvalue weighted by Gasteiger charge is -2.13. The lowest BCUT2D eigenvalue weighted by molar-refractivity contribution is -0.205. The molecule has 0 rings (SSSR count). The standard InChI is InChI=1S/C10H19F3O/c1-2-3-4-5-6-7-8-9(14)10(11,12)13/h9,14H,2-8H2,1H3. The highest BCUT2D eigenvalue weighted by molar-refractivity contribution is 4.64. The summed E-state index contributed by atoms with van der Waals surface area (Å²) >= 11 is 0. The summed E-state index contributed by atoms with van der Waals surface area (Å²) < 4.78 is 35.5. The Balaban J connectivity index is 3.28. The highest BCUT2D eigenvalue weighted by atomic mass is 19.4. The largest absolute Gasteiger partial charge is 0.414 e. The smallest absolute Gasteiger partial charge is 0.384 e. The van der Waals surface area contributed by atoms with Crippen molar-refractivity contribution in [3.05, 3.63) is 0 Å². The van der Waals surface area contributed by atoms with E-state index in [9.17, 15) is 13.2 Å². The van der Waals surface area contributed by atoms with Gasteiger partial charge in [0, 0.05) is 0 Å². The van der Waals surface area contributed by atoms with Gasteiger partial charge in [0.1, 0.15) is 6.10 Å². The second-order valence-corrected chi connectivity index (χ2v) is 3.61. The molecule has 86 valence electrons. The minimum atomic E-state index is -4.44. The molecule has 14 heavy (non-hydrogen) atoms. The second-order valence-electron chi connectivity index (χ2n) is 3.61. The molecule has 0 heterocycles. The molecule has 0 aromatic rings. The van der Waals surface area contributed by atoms with Gasteiger partial charge >= 0.3 is 6.18 Å². The van der Waals surface area contributed by atoms with E-state index in [-0.39, 0.29) is 6.42 Å². The summed E-state index contributed by atoms with van der Waals surface area (Å²) in [6.07, 6.45) is -1.16. The average molecular weight is 212 g/mol. The van der Waals surface area contributed by atoms with Gasteiger partial charge in [0.2, 0.25) is 0 Å². The number of alkyl halides is 3. The van der Waals surface area contributed by atoms with Gasteiger partial charge < -0.3 is 5.11 Å². The van der Waals surface area contributed by atoms with E-state index in [1.54, 1.807) is 0 Å². The summed E-state index contributed by atoms with van der Waals surface area (Å²) in [5.74, 6) is 0. The summed E-state index contributed by atoms with van der Waals surface area (Å²) in [6, 6.07) is 0. The van der Waals surface area contributed by atoms with Crippen molar-refractivity contribution < 1.29 is 18.3 Å². The number of unbranched alkanes of at least 4 members (excludes halogenated alkanes) is 5. The van der Waals surface area contributed by atoms with Crippen LogP contribution in [0.5, 0.6) is 0 Å². The number of rotatable bonds is 7. The van der Waals surface area contributed by atoms with Crippen LogP contribution >= 0.6 is 0 Å². The second kappa shape index (κ2) is 7.10. The molecule has 1 atom stereocenters. The number of aliphatic hydroxyl groups excluding tert-OH is 1. The number of hydrogen-bond acceptors (Lipinski definition) is 1. The molecule has 0 aliphatic carbocycles. The Bertz CT molecular complexity index is 134. The molecule has 0 saturated heterocycles. The SMILES string of the molecule is CCCCCCCCC(O)C(F)(F)F. The predicted molar refractivity (Wildman–Crippen MR) is 50.1 cm³/mol. The number of halogens is 3. The zero-order valence-corrected chi connectivity index (χ0v) is 8.61. The van der Waals surface area contributed by atoms with Gasteiger partial charge in [-0.3, -0.25) is 0 Å². The van der Waals surface area contributed by atoms with Gasteiger partial charge in [0.05, 0.1) is 0 Å². The third kappa shape index (κ3) is 7.18. The van der Waals surface area contributed by atoms with Crippen LogP contribution in [0.25, 0.3) is 0 Å². The van der Waals surface area contributed by atoms with Crippen LogP contribution in [-0.2, 0) is 0 Å². The van der Waals surface area contributed by atoms with E-state index in [1.165, 1.54) is 0 Å². The van der Waals surface area contributed by atoms with Crippen molar-refractivity contribution in [1.82, 2.24) is 0 Å². The summed E-state index contributed by atoms with van der Waals surface area (Å²) in [6.45, 7) is 2.09. The van der Waals surface area contributed by atoms with Crippen molar-refractivity contribution in [2.45, 2.75) is 64.1 Å². The molecule has 1 unspecified atom stereocenters. The zero-order valence-electron chi connectivity index (χ0n) is 8.61. The van der Waals surface area contributed by atoms with Gasteiger partial charge in [-0.25, -0.2) is 0 Å². The van der Waals surface area contributed by atoms with E-state index in [1.807, 2.05) is 0 Å². The average Bonchev–Trinajstić information content (AvgIpc) is 2.09. The fraction of sp³-hybridized carbons (Fsp3) is 1.00. The topological polar surface area (TPSA) is 20.2 Å². The molecule has 0 saturated carbocycles. The van der Waals surface area contributed by atoms with E-state index in [0.29, 0.717) is 6.42 Å². The van der Waals surface area contributed by atoms with Gasteiger partial charge in [-0.2, -0.15) is 13.2 Å². The van der Waals surface area contributed by atoms with Crippen molar-refractivity contribution >= 4 is 0 Å². The molecular formula is C10H19F3O. The van der Waals surface area contributed by atoms with Crippen molar-refractivity contribution in [2.75, 3.05) is 0 Å². The zero-order chi connectivity index (χ0) is 11.0. The van der Waals surface area contributed by atoms with Crippen LogP contribution in [0.4, 0.5) is 13.2 Å². The van der Waals surface area contributed by atoms with Crippen molar-refractivity contribution in [3.63, 3.8) is 0 Å². The Kier molecular flexibility index (Phi) is 6.97. The van der Waals surface area contributed by atoms with Crippen LogP contribution in [0, 0.1) is 0 Å². The number of aliphatic hydroxyl groups is 1. The molecule has 0 radical (unpaired) electrons. The van der Waals surface area contributed by atoms with Crippen LogP contribution in [0.1, 0.15) is 51.9 Å². The van der Waals surface area contributed by atoms with E-state index in [0.717, 1.165) is 32.1 Å². The monoisotopic (exact) mass is 212 g/mol. The van der Waals surface area contributed by atoms with Crippen LogP contribution < -0.4 is 0 Å². The molecule has 1 N–H and O–H groups in total. The van der Waals surface area contributed by atoms with Gasteiger partial charge in [-0.1, -0.05) is 45.4 Å². The van der Waals surface area contributed by atoms with E-state index in [4.69, 9.17) is 5.11 Å². The maximum atomic E-state index is 11.8. The third-order valence-corrected chi connectivity index (χ3v) is 2.21. The van der Waals surface area contributed by atoms with Crippen LogP contribution in [0.15, 0.2) is 0 Å². The van der Waals surface area contributed by atoms with E-state index in [2.05, 4.69) is 6.92 Å². The van der Waals surface area contributed by atoms with Crippen LogP contribution in [-0.4, -0.2) is 17.4 Å². The first kappa shape index (κ1) is 13.8. The summed E-state index contributed by atoms with van der Waals surface area (Å²) in [7, 11) is 0. The van der Waals surface area contributed by atoms with Crippen molar-refractivity contribution in [1.29, 1.82) is 0 Å². The normalized spacial score (nSPS) is 14.4. The Hall–Kier alpha value is -0.250. The van der Waals surface area contributed by atoms with Crippen molar-refractivity contribution in [3.8, 4) is 0 Å². The molecular weight excluding hydrogens is 193 g/mol. The minimum Gasteiger partial charge on any atom is -0.384 e. The van der Waals surface area contributed by atoms with Crippen LogP contribution in [0.2, 0.25) is 0 Å². The summed E-state index contributed by atoms with van der Waals surface area (Å²) in [5, 5.41) is 8.66. The number of hydrogen-bond donors (Lipinski definition) is 1. The quantitative estimate of drug-likeness (QED) is 0.638. The molecule has 0 bridgehead atoms. The Morgan fingerprint density at radius 3 is 2.00 bits per heavy atom. The highest BCUT2D eigenvalue weighted by Gasteiger charge is 2.37. The van der Waals surface area contributed by atoms with Gasteiger partial charge in [-0.05, 0) is 6.42 Å². The molecule has 0 aliphatic rings. The van der Waals surface area contributed by atoms with E-state index < -0.39 is 12.3 Å². The maximum absolute atomic E-state index is 11.8. The first-order valence-corrected chi connectivity index (χ1v) is 5.23. The molecule has 0 fully saturated rings. The maximum Gasteiger partial charge on any atom is 0.414 e. The van der Waals surface area contributed by atoms with E-state index >= 15 is 0 Å². The lowest BCUT2D eigenvalue weighted by atomic mass is 10.1. The molecule has 4 heteroatoms. The Labute approximate surface area is 83.3 Å². The highest BCUT2D eigenvalue weighted by Crippen LogP contribution is 2.24. The lowest BCUT2D eigenvalue weighted by Crippen LogP contribution is -2.28. The van der Waals surface area contributed by atoms with Crippen LogP contribution in [0.3, 0.4) is 0 Å². The third-order valence-electron chi connectivity index (χ3n) is 2.21. The summed E-state index contributed by atoms with van der Waals surface area (Å²) in [4.78, 5) is 0. The molecule has 0 spiro atoms. The molecule has 0 aliphatic heterocycles. The first-order valence-electron chi connectivity index (χ1n) is 5.23. The summed E-state index contributed by atoms with van der Waals surface area (Å²) in [5.41, 5.74) is 0. The predicted octanol–water partition coefficient (Wildman–Crippen LogP) is 3.66. The Morgan fingerprint density at radius 1 is 1.00 bits per heavy atom. The minimum absolute atomic E-state index is 0.157. The molecule has 0 aromatic heterocycles. The van der Waals surface area contributed by atoms with Gasteiger partial charge in [-0.15, -0.1) is 0 Å². The first-order chi connectivity index (χ1) is 6.48. The van der Waals surface area contributed by atoms with Gasteiger partial charge in [0.25, 0.3) is 0 Å². The van der Waals surface area contributed by atoms with Crippen molar-refractivity contribution in [2.24, 2.45) is 0 Å². The fourth-order valence-corrected chi connectivity index (χ4v) is 1.28. The molecule has 1 nitrogen and oxygen atoms in total. The molecule has 0 amide bonds. The molecule has 0 aromatic carbocycles.